The lowest BCUT2D eigenvalue weighted by molar-refractivity contribution is -0.143. The third kappa shape index (κ3) is 29.1. The Morgan fingerprint density at radius 3 is 0.940 bits per heavy atom. The number of aliphatic hydroxyl groups excluding tert-OH is 5. The molecule has 4 saturated carbocycles. The van der Waals surface area contributed by atoms with E-state index in [1.54, 1.807) is 0 Å². The number of carboxylic acid groups (broad SMARTS) is 2. The molecule has 0 radical (unpaired) electrons. The van der Waals surface area contributed by atoms with Crippen molar-refractivity contribution in [1.29, 1.82) is 0 Å². The van der Waals surface area contributed by atoms with E-state index in [9.17, 15) is 39.6 Å². The van der Waals surface area contributed by atoms with E-state index in [4.69, 9.17) is 39.0 Å². The molecule has 0 amide bonds. The van der Waals surface area contributed by atoms with Crippen LogP contribution >= 0.6 is 12.4 Å². The van der Waals surface area contributed by atoms with Crippen LogP contribution in [0.3, 0.4) is 0 Å². The molecule has 0 aliphatic heterocycles. The number of fused-ring (bicyclic) bond motifs is 8. The van der Waals surface area contributed by atoms with Crippen molar-refractivity contribution < 1.29 is 83.3 Å². The second-order valence-electron chi connectivity index (χ2n) is 36.5. The van der Waals surface area contributed by atoms with Gasteiger partial charge in [-0.2, -0.15) is 0 Å². The SMILES string of the molecule is CCCCC[C@H](C)CC[C@@H]1[C@H]2Cc3cccc(OCC(=O)O)c3C[C@H]2C[C@H]1C.CCCCC[C@H](C)CC[C@@H]1[C@H]2Cc3cccc(OCC(=O)OC)c3C[C@H]2C[C@H]1C.CCCCC[C@H](O)CC[C@@H]1[C@H]2Cc3cccc(OCC(=O)O)c3C[C@H]2C[C@H]1O.CCCCC[C@H](O)CC[C@@H]1[C@H]2Cc3cccc(OCC(=O)OC)c3C[C@H]2C[C@H]1O.CO.Cl. The first kappa shape index (κ1) is 98.2. The highest BCUT2D eigenvalue weighted by Gasteiger charge is 2.49. The first-order valence-electron chi connectivity index (χ1n) is 45.7. The van der Waals surface area contributed by atoms with Crippen LogP contribution in [-0.4, -0.2) is 132 Å². The van der Waals surface area contributed by atoms with Gasteiger partial charge in [0.25, 0.3) is 0 Å². The smallest absolute Gasteiger partial charge is 0.343 e. The molecule has 20 atom stereocenters. The average Bonchev–Trinajstić information content (AvgIpc) is 1.68. The van der Waals surface area contributed by atoms with Gasteiger partial charge in [0.1, 0.15) is 23.0 Å². The summed E-state index contributed by atoms with van der Waals surface area (Å²) in [5, 5.41) is 66.8. The first-order valence-corrected chi connectivity index (χ1v) is 45.7. The van der Waals surface area contributed by atoms with Gasteiger partial charge in [0.15, 0.2) is 26.4 Å². The van der Waals surface area contributed by atoms with Gasteiger partial charge in [-0.1, -0.05) is 207 Å². The lowest BCUT2D eigenvalue weighted by Crippen LogP contribution is -2.28. The molecule has 117 heavy (non-hydrogen) atoms. The highest BCUT2D eigenvalue weighted by atomic mass is 35.5. The highest BCUT2D eigenvalue weighted by molar-refractivity contribution is 5.85. The molecule has 4 fully saturated rings. The zero-order chi connectivity index (χ0) is 83.8. The Kier molecular flexibility index (Phi) is 42.9. The molecule has 7 N–H and O–H groups in total. The maximum absolute atomic E-state index is 11.5. The van der Waals surface area contributed by atoms with Crippen molar-refractivity contribution in [2.45, 2.75) is 311 Å². The molecule has 0 spiro atoms. The van der Waals surface area contributed by atoms with Gasteiger partial charge in [-0.15, -0.1) is 12.4 Å². The monoisotopic (exact) mass is 1650 g/mol. The zero-order valence-corrected chi connectivity index (χ0v) is 74.2. The van der Waals surface area contributed by atoms with Gasteiger partial charge in [0, 0.05) is 7.11 Å². The minimum Gasteiger partial charge on any atom is -0.482 e. The average molecular weight is 1650 g/mol. The molecule has 12 rings (SSSR count). The van der Waals surface area contributed by atoms with Crippen LogP contribution in [-0.2, 0) is 80.0 Å². The molecule has 17 nitrogen and oxygen atoms in total. The highest BCUT2D eigenvalue weighted by Crippen LogP contribution is 2.55. The number of ether oxygens (including phenoxy) is 6. The molecular formula is C99H153ClO17. The first-order chi connectivity index (χ1) is 56.0. The number of unbranched alkanes of at least 4 members (excludes halogenated alkanes) is 8. The summed E-state index contributed by atoms with van der Waals surface area (Å²) in [5.41, 5.74) is 10.2. The lowest BCUT2D eigenvalue weighted by atomic mass is 9.73. The van der Waals surface area contributed by atoms with Gasteiger partial charge < -0.3 is 64.2 Å². The molecule has 0 saturated heterocycles. The number of hydrogen-bond acceptors (Lipinski definition) is 15. The zero-order valence-electron chi connectivity index (χ0n) is 73.4. The molecule has 8 aliphatic carbocycles. The Hall–Kier alpha value is -5.95. The van der Waals surface area contributed by atoms with Crippen molar-refractivity contribution in [3.63, 3.8) is 0 Å². The maximum Gasteiger partial charge on any atom is 0.343 e. The van der Waals surface area contributed by atoms with E-state index in [0.29, 0.717) is 29.4 Å². The summed E-state index contributed by atoms with van der Waals surface area (Å²) in [4.78, 5) is 44.6. The van der Waals surface area contributed by atoms with E-state index in [-0.39, 0.29) is 87.0 Å². The van der Waals surface area contributed by atoms with E-state index in [2.05, 4.69) is 90.5 Å². The number of methoxy groups -OCH3 is 2. The predicted octanol–water partition coefficient (Wildman–Crippen LogP) is 19.6. The van der Waals surface area contributed by atoms with Crippen LogP contribution in [0.15, 0.2) is 72.8 Å². The summed E-state index contributed by atoms with van der Waals surface area (Å²) in [6.07, 6.45) is 39.5. The normalized spacial score (nSPS) is 26.2. The Morgan fingerprint density at radius 1 is 0.376 bits per heavy atom. The predicted molar refractivity (Wildman–Crippen MR) is 467 cm³/mol. The van der Waals surface area contributed by atoms with Crippen molar-refractivity contribution >= 4 is 36.3 Å². The van der Waals surface area contributed by atoms with Crippen LogP contribution in [0, 0.1) is 94.7 Å². The van der Waals surface area contributed by atoms with Crippen molar-refractivity contribution in [2.24, 2.45) is 94.7 Å². The van der Waals surface area contributed by atoms with Crippen LogP contribution in [0.5, 0.6) is 23.0 Å². The Bertz CT molecular complexity index is 3350. The van der Waals surface area contributed by atoms with E-state index in [0.717, 1.165) is 211 Å². The summed E-state index contributed by atoms with van der Waals surface area (Å²) >= 11 is 0. The van der Waals surface area contributed by atoms with Crippen molar-refractivity contribution in [3.8, 4) is 23.0 Å². The minimum absolute atomic E-state index is 0. The number of aliphatic hydroxyl groups is 5. The summed E-state index contributed by atoms with van der Waals surface area (Å²) in [6.45, 7) is 18.1. The van der Waals surface area contributed by atoms with Gasteiger partial charge in [-0.05, 0) is 292 Å². The van der Waals surface area contributed by atoms with Crippen molar-refractivity contribution in [2.75, 3.05) is 47.8 Å². The second kappa shape index (κ2) is 51.1. The number of carbonyl (C=O) groups excluding carboxylic acids is 2. The Balaban J connectivity index is 0.000000213. The van der Waals surface area contributed by atoms with Gasteiger partial charge in [0.2, 0.25) is 0 Å². The third-order valence-electron chi connectivity index (χ3n) is 28.5. The van der Waals surface area contributed by atoms with Gasteiger partial charge >= 0.3 is 23.9 Å². The second-order valence-corrected chi connectivity index (χ2v) is 36.5. The van der Waals surface area contributed by atoms with Crippen LogP contribution in [0.2, 0.25) is 0 Å². The van der Waals surface area contributed by atoms with E-state index in [1.807, 2.05) is 42.5 Å². The number of esters is 2. The topological polar surface area (TPSA) is 265 Å². The fraction of sp³-hybridized carbons (Fsp3) is 0.717. The number of rotatable bonds is 40. The number of aliphatic carboxylic acids is 2. The van der Waals surface area contributed by atoms with Gasteiger partial charge in [0.05, 0.1) is 38.6 Å². The number of benzene rings is 4. The van der Waals surface area contributed by atoms with E-state index < -0.39 is 11.9 Å². The number of carboxylic acids is 2. The van der Waals surface area contributed by atoms with E-state index in [1.165, 1.54) is 162 Å². The fourth-order valence-corrected chi connectivity index (χ4v) is 22.3. The number of halogens is 1. The lowest BCUT2D eigenvalue weighted by Gasteiger charge is -2.33. The molecular weight excluding hydrogens is 1500 g/mol. The summed E-state index contributed by atoms with van der Waals surface area (Å²) in [6, 6.07) is 24.4. The fourth-order valence-electron chi connectivity index (χ4n) is 22.3. The molecule has 0 bridgehead atoms. The number of carbonyl (C=O) groups is 4. The molecule has 0 aromatic heterocycles. The van der Waals surface area contributed by atoms with Crippen LogP contribution in [0.25, 0.3) is 0 Å². The summed E-state index contributed by atoms with van der Waals surface area (Å²) in [7, 11) is 3.76. The largest absolute Gasteiger partial charge is 0.482 e. The summed E-state index contributed by atoms with van der Waals surface area (Å²) < 4.78 is 32.0. The van der Waals surface area contributed by atoms with Crippen molar-refractivity contribution in [1.82, 2.24) is 0 Å². The molecule has 658 valence electrons. The molecule has 4 aromatic carbocycles. The molecule has 0 unspecified atom stereocenters. The standard InChI is InChI=1S/C26H40O3.C25H38O3.C24H36O5.C23H34O5.CH4O.ClH/c1-5-6-7-9-18(2)12-13-22-19(3)14-21-16-24-20(15-23(21)22)10-8-11-25(24)29-17-26(27)28-4;1-4-5-6-8-17(2)11-12-21-18(3)13-20-15-23-19(14-22(20)21)9-7-10-24(23)28-16-25(26)27;1-3-4-5-8-18(25)10-11-19-20-12-16-7-6-9-23(29-15-24(27)28-2)21(16)13-17(20)14-22(19)26;1-2-3-4-7-17(24)9-10-18-19-11-15-6-5-8-22(28-14-23(26)27)20(15)12-16(19)13-21(18)25;1-2;/h8,10-11,18-19,21-23H,5-7,9,12-17H2,1-4H3;7,9-10,17-18,20-22H,4-6,8,11-16H2,1-3H3,(H,26,27);6-7,9,17-20,22,25-26H,3-5,8,10-15H2,1-2H3;5-6,8,16-19,21,24-25H,2-4,7,9-14H2,1H3,(H,26,27);2H,1H3;1H/t18-,19+,21+,22-,23-;17-,18+,20+,21-,22-;17-,18-,19+,20-,22+;16-,17-,18+,19-,21+;;/m0000../s1. The number of hydrogen-bond donors (Lipinski definition) is 7. The third-order valence-corrected chi connectivity index (χ3v) is 28.5. The van der Waals surface area contributed by atoms with Gasteiger partial charge in [-0.3, -0.25) is 0 Å². The minimum atomic E-state index is -0.972. The maximum atomic E-state index is 11.5. The molecule has 4 aromatic rings. The quantitative estimate of drug-likeness (QED) is 0.0161. The van der Waals surface area contributed by atoms with Crippen LogP contribution in [0.4, 0.5) is 0 Å². The Morgan fingerprint density at radius 2 is 0.650 bits per heavy atom. The molecule has 18 heteroatoms. The molecule has 0 heterocycles. The Labute approximate surface area is 709 Å². The van der Waals surface area contributed by atoms with E-state index >= 15 is 0 Å². The van der Waals surface area contributed by atoms with Crippen molar-refractivity contribution in [3.05, 3.63) is 117 Å². The van der Waals surface area contributed by atoms with Crippen LogP contribution in [0.1, 0.15) is 280 Å². The summed E-state index contributed by atoms with van der Waals surface area (Å²) in [5.74, 6) is 10.9. The van der Waals surface area contributed by atoms with Gasteiger partial charge in [-0.25, -0.2) is 19.2 Å². The van der Waals surface area contributed by atoms with Crippen LogP contribution < -0.4 is 18.9 Å². The molecule has 8 aliphatic rings.